The molecule has 6 amide bonds. The number of likely N-dealkylation sites (tertiary alicyclic amines) is 1. The van der Waals surface area contributed by atoms with Gasteiger partial charge in [-0.3, -0.25) is 33.7 Å². The Bertz CT molecular complexity index is 1630. The Labute approximate surface area is 327 Å². The molecule has 2 aliphatic rings. The van der Waals surface area contributed by atoms with E-state index in [-0.39, 0.29) is 31.3 Å². The quantitative estimate of drug-likeness (QED) is 0.0880. The van der Waals surface area contributed by atoms with Crippen molar-refractivity contribution in [3.05, 3.63) is 60.2 Å². The minimum atomic E-state index is -1.76. The summed E-state index contributed by atoms with van der Waals surface area (Å²) in [7, 11) is 0. The van der Waals surface area contributed by atoms with E-state index in [0.717, 1.165) is 19.6 Å². The van der Waals surface area contributed by atoms with Crippen molar-refractivity contribution in [1.82, 2.24) is 31.1 Å². The smallest absolute Gasteiger partial charge is 0.258 e. The molecule has 2 aliphatic heterocycles. The Morgan fingerprint density at radius 3 is 2.30 bits per heavy atom. The molecule has 2 aromatic carbocycles. The summed E-state index contributed by atoms with van der Waals surface area (Å²) in [5, 5.41) is 25.3. The van der Waals surface area contributed by atoms with Gasteiger partial charge in [-0.1, -0.05) is 30.3 Å². The summed E-state index contributed by atoms with van der Waals surface area (Å²) >= 11 is 0. The van der Waals surface area contributed by atoms with Crippen molar-refractivity contribution in [2.45, 2.75) is 76.2 Å². The number of nitrogens with zero attached hydrogens (tertiary/aromatic N) is 2. The Kier molecular flexibility index (Phi) is 16.6. The minimum Gasteiger partial charge on any atom is -0.484 e. The van der Waals surface area contributed by atoms with Gasteiger partial charge in [-0.05, 0) is 69.9 Å². The van der Waals surface area contributed by atoms with Crippen molar-refractivity contribution in [2.24, 2.45) is 5.73 Å². The molecule has 0 saturated carbocycles. The second-order valence-electron chi connectivity index (χ2n) is 15.0. The van der Waals surface area contributed by atoms with Crippen molar-refractivity contribution in [1.29, 1.82) is 0 Å². The van der Waals surface area contributed by atoms with E-state index in [9.17, 15) is 33.9 Å². The Hall–Kier alpha value is -5.10. The average molecular weight is 781 g/mol. The molecule has 17 heteroatoms. The van der Waals surface area contributed by atoms with Crippen LogP contribution >= 0.6 is 0 Å². The average Bonchev–Trinajstić information content (AvgIpc) is 3.66. The number of benzene rings is 2. The summed E-state index contributed by atoms with van der Waals surface area (Å²) in [6.45, 7) is 10.0. The van der Waals surface area contributed by atoms with E-state index in [1.165, 1.54) is 4.90 Å². The third-order valence-electron chi connectivity index (χ3n) is 9.16. The van der Waals surface area contributed by atoms with Gasteiger partial charge in [-0.2, -0.15) is 0 Å². The van der Waals surface area contributed by atoms with Gasteiger partial charge in [0.25, 0.3) is 11.8 Å². The van der Waals surface area contributed by atoms with Crippen LogP contribution in [0.3, 0.4) is 0 Å². The maximum atomic E-state index is 13.7. The number of nitrogens with one attached hydrogen (secondary N) is 5. The fourth-order valence-electron chi connectivity index (χ4n) is 6.39. The Morgan fingerprint density at radius 1 is 0.946 bits per heavy atom. The van der Waals surface area contributed by atoms with Gasteiger partial charge in [-0.15, -0.1) is 0 Å². The molecule has 4 atom stereocenters. The molecule has 0 aromatic heterocycles. The molecule has 2 saturated heterocycles. The molecule has 17 nitrogen and oxygen atoms in total. The van der Waals surface area contributed by atoms with Crippen LogP contribution in [-0.4, -0.2) is 139 Å². The lowest BCUT2D eigenvalue weighted by molar-refractivity contribution is -0.147. The topological polar surface area (TPSA) is 234 Å². The fraction of sp³-hybridized carbons (Fsp3) is 0.538. The number of nitrogens with two attached hydrogens (primary N) is 1. The van der Waals surface area contributed by atoms with Crippen molar-refractivity contribution in [3.63, 3.8) is 0 Å². The molecule has 0 radical (unpaired) electrons. The highest BCUT2D eigenvalue weighted by molar-refractivity contribution is 5.94. The maximum Gasteiger partial charge on any atom is 0.258 e. The number of ether oxygens (including phenoxy) is 2. The molecule has 0 spiro atoms. The van der Waals surface area contributed by atoms with Gasteiger partial charge >= 0.3 is 0 Å². The molecule has 8 N–H and O–H groups in total. The van der Waals surface area contributed by atoms with Gasteiger partial charge in [0.15, 0.2) is 12.7 Å². The summed E-state index contributed by atoms with van der Waals surface area (Å²) in [6.07, 6.45) is -1.34. The van der Waals surface area contributed by atoms with Gasteiger partial charge in [0.2, 0.25) is 23.6 Å². The van der Waals surface area contributed by atoms with E-state index in [2.05, 4.69) is 31.5 Å². The number of morpholine rings is 1. The zero-order valence-corrected chi connectivity index (χ0v) is 32.4. The zero-order valence-electron chi connectivity index (χ0n) is 32.4. The highest BCUT2D eigenvalue weighted by Crippen LogP contribution is 2.21. The summed E-state index contributed by atoms with van der Waals surface area (Å²) in [4.78, 5) is 81.3. The van der Waals surface area contributed by atoms with Gasteiger partial charge in [0, 0.05) is 44.0 Å². The predicted molar refractivity (Wildman–Crippen MR) is 207 cm³/mol. The largest absolute Gasteiger partial charge is 0.484 e. The van der Waals surface area contributed by atoms with E-state index in [1.807, 2.05) is 20.8 Å². The van der Waals surface area contributed by atoms with Gasteiger partial charge < -0.3 is 51.8 Å². The SMILES string of the molecule is CC(C)(C)NC(=O)[C@@H]1CCCN1C(=O)C(O)C(Cc1ccccc1)NC(=O)[C@H](CC(N)=O)NC(=O)COc1ccc(NC(=O)CNCCN2CCOCC2)cc1. The van der Waals surface area contributed by atoms with E-state index in [0.29, 0.717) is 49.6 Å². The lowest BCUT2D eigenvalue weighted by Gasteiger charge is -2.32. The third-order valence-corrected chi connectivity index (χ3v) is 9.16. The van der Waals surface area contributed by atoms with E-state index in [4.69, 9.17) is 15.2 Å². The number of amides is 6. The molecule has 0 bridgehead atoms. The van der Waals surface area contributed by atoms with E-state index >= 15 is 0 Å². The first kappa shape index (κ1) is 43.6. The predicted octanol–water partition coefficient (Wildman–Crippen LogP) is -0.720. The summed E-state index contributed by atoms with van der Waals surface area (Å²) in [6, 6.07) is 11.8. The van der Waals surface area contributed by atoms with Gasteiger partial charge in [0.05, 0.1) is 32.2 Å². The highest BCUT2D eigenvalue weighted by Gasteiger charge is 2.41. The molecular weight excluding hydrogens is 724 g/mol. The first-order chi connectivity index (χ1) is 26.7. The van der Waals surface area contributed by atoms with Gasteiger partial charge in [0.1, 0.15) is 17.8 Å². The summed E-state index contributed by atoms with van der Waals surface area (Å²) < 4.78 is 10.9. The highest BCUT2D eigenvalue weighted by atomic mass is 16.5. The lowest BCUT2D eigenvalue weighted by Crippen LogP contribution is -2.59. The Balaban J connectivity index is 1.32. The first-order valence-corrected chi connectivity index (χ1v) is 18.9. The number of aliphatic hydroxyl groups is 1. The van der Waals surface area contributed by atoms with Crippen LogP contribution in [0.4, 0.5) is 5.69 Å². The third kappa shape index (κ3) is 14.5. The molecule has 2 fully saturated rings. The van der Waals surface area contributed by atoms with Crippen LogP contribution in [0, 0.1) is 0 Å². The molecule has 2 aromatic rings. The van der Waals surface area contributed by atoms with Crippen LogP contribution < -0.4 is 37.1 Å². The van der Waals surface area contributed by atoms with Crippen LogP contribution in [0.15, 0.2) is 54.6 Å². The second kappa shape index (κ2) is 21.3. The molecule has 56 heavy (non-hydrogen) atoms. The number of carbonyl (C=O) groups excluding carboxylic acids is 6. The number of hydrogen-bond acceptors (Lipinski definition) is 11. The van der Waals surface area contributed by atoms with Gasteiger partial charge in [-0.25, -0.2) is 0 Å². The molecule has 0 aliphatic carbocycles. The van der Waals surface area contributed by atoms with Crippen LogP contribution in [0.5, 0.6) is 5.75 Å². The number of hydrogen-bond donors (Lipinski definition) is 7. The van der Waals surface area contributed by atoms with E-state index < -0.39 is 66.4 Å². The monoisotopic (exact) mass is 780 g/mol. The Morgan fingerprint density at radius 2 is 1.64 bits per heavy atom. The number of rotatable bonds is 19. The van der Waals surface area contributed by atoms with Crippen LogP contribution in [0.1, 0.15) is 45.6 Å². The zero-order chi connectivity index (χ0) is 40.7. The van der Waals surface area contributed by atoms with Crippen LogP contribution in [0.25, 0.3) is 0 Å². The van der Waals surface area contributed by atoms with E-state index in [1.54, 1.807) is 54.6 Å². The number of anilines is 1. The number of primary amides is 1. The van der Waals surface area contributed by atoms with Crippen LogP contribution in [-0.2, 0) is 39.9 Å². The standard InChI is InChI=1S/C39H56N8O9/c1-39(2,3)45-37(53)31-10-7-16-47(31)38(54)35(51)29(22-26-8-5-4-6-9-26)44-36(52)30(23-32(40)48)43-34(50)25-56-28-13-11-27(12-14-28)42-33(49)24-41-15-17-46-18-20-55-21-19-46/h4-6,8-9,11-14,29-31,35,41,51H,7,10,15-25H2,1-3H3,(H2,40,48)(H,42,49)(H,43,50)(H,44,52)(H,45,53)/t29?,30-,31-,35?/m0/s1. The molecule has 4 rings (SSSR count). The molecule has 2 unspecified atom stereocenters. The maximum absolute atomic E-state index is 13.7. The van der Waals surface area contributed by atoms with Crippen LogP contribution in [0.2, 0.25) is 0 Å². The molecule has 2 heterocycles. The lowest BCUT2D eigenvalue weighted by atomic mass is 9.99. The summed E-state index contributed by atoms with van der Waals surface area (Å²) in [5.41, 5.74) is 6.11. The minimum absolute atomic E-state index is 0.0222. The van der Waals surface area contributed by atoms with Crippen molar-refractivity contribution < 1.29 is 43.3 Å². The number of aliphatic hydroxyl groups excluding tert-OH is 1. The fourth-order valence-corrected chi connectivity index (χ4v) is 6.39. The van der Waals surface area contributed by atoms with Crippen molar-refractivity contribution in [2.75, 3.05) is 64.4 Å². The number of carbonyl (C=O) groups is 6. The normalized spacial score (nSPS) is 17.6. The molecule has 306 valence electrons. The summed E-state index contributed by atoms with van der Waals surface area (Å²) in [5.74, 6) is -3.46. The second-order valence-corrected chi connectivity index (χ2v) is 15.0. The van der Waals surface area contributed by atoms with Crippen molar-refractivity contribution in [3.8, 4) is 5.75 Å². The van der Waals surface area contributed by atoms with Crippen molar-refractivity contribution >= 4 is 41.1 Å². The molecular formula is C39H56N8O9. The first-order valence-electron chi connectivity index (χ1n) is 18.9.